The number of carbonyl (C=O) groups is 1. The van der Waals surface area contributed by atoms with Crippen molar-refractivity contribution in [3.05, 3.63) is 58.3 Å². The van der Waals surface area contributed by atoms with Gasteiger partial charge in [0.15, 0.2) is 17.3 Å². The van der Waals surface area contributed by atoms with Crippen molar-refractivity contribution in [2.75, 3.05) is 27.9 Å². The second-order valence-electron chi connectivity index (χ2n) is 7.61. The lowest BCUT2D eigenvalue weighted by Gasteiger charge is -2.14. The molecule has 1 aliphatic carbocycles. The van der Waals surface area contributed by atoms with Crippen LogP contribution in [0.15, 0.2) is 41.2 Å². The number of halogens is 1. The van der Waals surface area contributed by atoms with E-state index in [0.717, 1.165) is 12.8 Å². The number of methoxy groups -OCH3 is 3. The van der Waals surface area contributed by atoms with Gasteiger partial charge >= 0.3 is 5.69 Å². The number of aromatic nitrogens is 3. The predicted octanol–water partition coefficient (Wildman–Crippen LogP) is 2.64. The van der Waals surface area contributed by atoms with Gasteiger partial charge in [-0.25, -0.2) is 13.9 Å². The zero-order valence-electron chi connectivity index (χ0n) is 18.6. The van der Waals surface area contributed by atoms with E-state index in [1.807, 2.05) is 0 Å². The van der Waals surface area contributed by atoms with Crippen LogP contribution in [0.2, 0.25) is 0 Å². The summed E-state index contributed by atoms with van der Waals surface area (Å²) < 4.78 is 32.1. The molecular weight excluding hydrogens is 431 g/mol. The van der Waals surface area contributed by atoms with Crippen molar-refractivity contribution in [1.82, 2.24) is 19.7 Å². The van der Waals surface area contributed by atoms with Crippen molar-refractivity contribution in [1.29, 1.82) is 0 Å². The molecule has 1 N–H and O–H groups in total. The molecule has 0 unspecified atom stereocenters. The number of nitrogens with one attached hydrogen (secondary N) is 1. The highest BCUT2D eigenvalue weighted by Crippen LogP contribution is 2.38. The molecule has 9 nitrogen and oxygen atoms in total. The zero-order chi connectivity index (χ0) is 23.5. The van der Waals surface area contributed by atoms with E-state index in [0.29, 0.717) is 34.2 Å². The maximum atomic E-state index is 13.3. The summed E-state index contributed by atoms with van der Waals surface area (Å²) >= 11 is 0. The Labute approximate surface area is 189 Å². The highest BCUT2D eigenvalue weighted by atomic mass is 19.1. The van der Waals surface area contributed by atoms with Gasteiger partial charge in [0.05, 0.1) is 27.9 Å². The molecule has 1 aromatic heterocycles. The number of ether oxygens (including phenoxy) is 3. The molecule has 3 aromatic rings. The van der Waals surface area contributed by atoms with E-state index in [-0.39, 0.29) is 36.5 Å². The number of amides is 1. The third kappa shape index (κ3) is 4.55. The Morgan fingerprint density at radius 1 is 1.09 bits per heavy atom. The van der Waals surface area contributed by atoms with Crippen LogP contribution in [-0.2, 0) is 6.54 Å². The molecule has 0 radical (unpaired) electrons. The van der Waals surface area contributed by atoms with E-state index in [1.165, 1.54) is 38.1 Å². The number of hydrogen-bond donors (Lipinski definition) is 1. The highest BCUT2D eigenvalue weighted by molar-refractivity contribution is 5.95. The highest BCUT2D eigenvalue weighted by Gasteiger charge is 2.30. The number of rotatable bonds is 9. The fourth-order valence-corrected chi connectivity index (χ4v) is 3.61. The van der Waals surface area contributed by atoms with Gasteiger partial charge in [-0.3, -0.25) is 9.36 Å². The Bertz CT molecular complexity index is 1190. The normalized spacial score (nSPS) is 13.0. The molecule has 0 spiro atoms. The Kier molecular flexibility index (Phi) is 6.34. The lowest BCUT2D eigenvalue weighted by molar-refractivity contribution is 0.0951. The molecule has 10 heteroatoms. The van der Waals surface area contributed by atoms with Crippen molar-refractivity contribution in [3.63, 3.8) is 0 Å². The third-order valence-electron chi connectivity index (χ3n) is 5.42. The van der Waals surface area contributed by atoms with E-state index in [2.05, 4.69) is 10.4 Å². The topological polar surface area (TPSA) is 96.6 Å². The first kappa shape index (κ1) is 22.4. The van der Waals surface area contributed by atoms with Gasteiger partial charge in [0.25, 0.3) is 5.91 Å². The summed E-state index contributed by atoms with van der Waals surface area (Å²) in [6.45, 7) is 0.364. The molecule has 0 atom stereocenters. The van der Waals surface area contributed by atoms with Gasteiger partial charge in [-0.2, -0.15) is 0 Å². The summed E-state index contributed by atoms with van der Waals surface area (Å²) in [5, 5.41) is 7.24. The van der Waals surface area contributed by atoms with E-state index < -0.39 is 0 Å². The number of hydrogen-bond acceptors (Lipinski definition) is 6. The lowest BCUT2D eigenvalue weighted by atomic mass is 10.1. The third-order valence-corrected chi connectivity index (χ3v) is 5.42. The molecule has 1 heterocycles. The smallest absolute Gasteiger partial charge is 0.346 e. The maximum Gasteiger partial charge on any atom is 0.346 e. The van der Waals surface area contributed by atoms with Crippen LogP contribution in [0.5, 0.6) is 17.2 Å². The molecule has 1 aliphatic rings. The van der Waals surface area contributed by atoms with Crippen LogP contribution in [0.1, 0.15) is 29.2 Å². The van der Waals surface area contributed by atoms with Crippen LogP contribution in [-0.4, -0.2) is 48.1 Å². The van der Waals surface area contributed by atoms with Crippen molar-refractivity contribution in [3.8, 4) is 28.6 Å². The molecular formula is C23H25FN4O5. The van der Waals surface area contributed by atoms with Gasteiger partial charge in [-0.1, -0.05) is 0 Å². The fraction of sp³-hybridized carbons (Fsp3) is 0.348. The van der Waals surface area contributed by atoms with Gasteiger partial charge in [0.2, 0.25) is 5.75 Å². The van der Waals surface area contributed by atoms with E-state index >= 15 is 0 Å². The molecule has 0 bridgehead atoms. The summed E-state index contributed by atoms with van der Waals surface area (Å²) in [5.74, 6) is 0.909. The predicted molar refractivity (Wildman–Crippen MR) is 119 cm³/mol. The minimum Gasteiger partial charge on any atom is -0.493 e. The molecule has 1 amide bonds. The van der Waals surface area contributed by atoms with E-state index in [9.17, 15) is 14.0 Å². The average molecular weight is 456 g/mol. The first-order valence-corrected chi connectivity index (χ1v) is 10.5. The van der Waals surface area contributed by atoms with Gasteiger partial charge in [0, 0.05) is 23.7 Å². The Hall–Kier alpha value is -3.82. The Morgan fingerprint density at radius 3 is 2.27 bits per heavy atom. The van der Waals surface area contributed by atoms with Crippen molar-refractivity contribution in [2.24, 2.45) is 0 Å². The van der Waals surface area contributed by atoms with Crippen LogP contribution in [0, 0.1) is 5.82 Å². The number of nitrogens with zero attached hydrogens (tertiary/aromatic N) is 3. The summed E-state index contributed by atoms with van der Waals surface area (Å²) in [6.07, 6.45) is 1.80. The minimum atomic E-state index is -0.359. The summed E-state index contributed by atoms with van der Waals surface area (Å²) in [4.78, 5) is 25.6. The Balaban J connectivity index is 1.50. The van der Waals surface area contributed by atoms with Crippen LogP contribution in [0.25, 0.3) is 11.4 Å². The van der Waals surface area contributed by atoms with Gasteiger partial charge < -0.3 is 19.5 Å². The van der Waals surface area contributed by atoms with Crippen molar-refractivity contribution in [2.45, 2.75) is 25.4 Å². The molecule has 33 heavy (non-hydrogen) atoms. The second-order valence-corrected chi connectivity index (χ2v) is 7.61. The quantitative estimate of drug-likeness (QED) is 0.532. The second kappa shape index (κ2) is 9.35. The molecule has 2 aromatic carbocycles. The van der Waals surface area contributed by atoms with Gasteiger partial charge in [-0.15, -0.1) is 5.10 Å². The maximum absolute atomic E-state index is 13.3. The lowest BCUT2D eigenvalue weighted by Crippen LogP contribution is -2.32. The molecule has 0 saturated heterocycles. The molecule has 174 valence electrons. The van der Waals surface area contributed by atoms with Crippen molar-refractivity contribution < 1.29 is 23.4 Å². The molecule has 1 saturated carbocycles. The van der Waals surface area contributed by atoms with E-state index in [4.69, 9.17) is 14.2 Å². The van der Waals surface area contributed by atoms with Crippen LogP contribution in [0.4, 0.5) is 4.39 Å². The SMILES string of the molecule is COc1cc(C(=O)NCCn2nc(-c3ccc(F)cc3)n(C3CC3)c2=O)cc(OC)c1OC. The first-order valence-electron chi connectivity index (χ1n) is 10.5. The Morgan fingerprint density at radius 2 is 1.73 bits per heavy atom. The standard InChI is InChI=1S/C23H25FN4O5/c1-31-18-12-15(13-19(32-2)20(18)33-3)22(29)25-10-11-27-23(30)28(17-8-9-17)21(26-27)14-4-6-16(24)7-5-14/h4-7,12-13,17H,8-11H2,1-3H3,(H,25,29). The largest absolute Gasteiger partial charge is 0.493 e. The zero-order valence-corrected chi connectivity index (χ0v) is 18.6. The average Bonchev–Trinajstić information content (AvgIpc) is 3.61. The molecule has 1 fully saturated rings. The summed E-state index contributed by atoms with van der Waals surface area (Å²) in [5.41, 5.74) is 0.742. The fourth-order valence-electron chi connectivity index (χ4n) is 3.61. The first-order chi connectivity index (χ1) is 16.0. The molecule has 0 aliphatic heterocycles. The summed E-state index contributed by atoms with van der Waals surface area (Å²) in [6, 6.07) is 9.09. The van der Waals surface area contributed by atoms with Crippen LogP contribution < -0.4 is 25.2 Å². The molecule has 4 rings (SSSR count). The van der Waals surface area contributed by atoms with Crippen LogP contribution in [0.3, 0.4) is 0 Å². The van der Waals surface area contributed by atoms with Crippen molar-refractivity contribution >= 4 is 5.91 Å². The van der Waals surface area contributed by atoms with E-state index in [1.54, 1.807) is 28.8 Å². The number of benzene rings is 2. The summed E-state index contributed by atoms with van der Waals surface area (Å²) in [7, 11) is 4.43. The monoisotopic (exact) mass is 456 g/mol. The minimum absolute atomic E-state index is 0.0973. The van der Waals surface area contributed by atoms with Gasteiger partial charge in [-0.05, 0) is 49.2 Å². The number of carbonyl (C=O) groups excluding carboxylic acids is 1. The van der Waals surface area contributed by atoms with Gasteiger partial charge in [0.1, 0.15) is 5.82 Å². The van der Waals surface area contributed by atoms with Crippen LogP contribution >= 0.6 is 0 Å².